The predicted octanol–water partition coefficient (Wildman–Crippen LogP) is 5.21. The topological polar surface area (TPSA) is 138 Å². The molecule has 0 amide bonds. The fraction of sp³-hybridized carbons (Fsp3) is 1.00. The van der Waals surface area contributed by atoms with E-state index in [1.807, 2.05) is 6.92 Å². The molecule has 0 spiro atoms. The third-order valence-electron chi connectivity index (χ3n) is 6.82. The molecule has 0 saturated carbocycles. The monoisotopic (exact) mass is 541 g/mol. The van der Waals surface area contributed by atoms with Crippen LogP contribution in [-0.4, -0.2) is 82.8 Å². The van der Waals surface area contributed by atoms with Crippen molar-refractivity contribution in [2.75, 3.05) is 39.4 Å². The summed E-state index contributed by atoms with van der Waals surface area (Å²) in [5.74, 6) is 0. The van der Waals surface area contributed by atoms with Crippen LogP contribution in [0, 0.1) is 0 Å². The first kappa shape index (κ1) is 37.9. The minimum Gasteiger partial charge on any atom is -0.726 e. The highest BCUT2D eigenvalue weighted by Crippen LogP contribution is 2.18. The summed E-state index contributed by atoms with van der Waals surface area (Å²) in [6.45, 7) is 8.83. The van der Waals surface area contributed by atoms with E-state index in [4.69, 9.17) is 17.5 Å². The van der Waals surface area contributed by atoms with Gasteiger partial charge in [0.1, 0.15) is 0 Å². The number of aliphatic hydroxyl groups excluding tert-OH is 3. The first-order valence-corrected chi connectivity index (χ1v) is 15.9. The van der Waals surface area contributed by atoms with Crippen LogP contribution in [0.2, 0.25) is 0 Å². The molecule has 1 atom stereocenters. The zero-order valence-corrected chi connectivity index (χ0v) is 24.2. The van der Waals surface area contributed by atoms with Gasteiger partial charge in [-0.05, 0) is 32.6 Å². The van der Waals surface area contributed by atoms with Gasteiger partial charge in [0.2, 0.25) is 10.4 Å². The Bertz CT molecular complexity index is 528. The number of hydrogen-bond donors (Lipinski definition) is 4. The maximum Gasteiger partial charge on any atom is 0.215 e. The molecule has 0 heterocycles. The first-order valence-electron chi connectivity index (χ1n) is 14.5. The Kier molecular flexibility index (Phi) is 27.7. The van der Waals surface area contributed by atoms with Crippen molar-refractivity contribution < 1.29 is 37.3 Å². The van der Waals surface area contributed by atoms with Gasteiger partial charge in [0.15, 0.2) is 0 Å². The van der Waals surface area contributed by atoms with Crippen LogP contribution in [0.5, 0.6) is 0 Å². The Morgan fingerprint density at radius 3 is 1.28 bits per heavy atom. The number of aliphatic hydroxyl groups is 3. The van der Waals surface area contributed by atoms with Crippen molar-refractivity contribution in [3.05, 3.63) is 0 Å². The summed E-state index contributed by atoms with van der Waals surface area (Å²) in [7, 11) is -4.92. The van der Waals surface area contributed by atoms with Crippen LogP contribution in [0.15, 0.2) is 0 Å². The second kappa shape index (κ2) is 26.3. The van der Waals surface area contributed by atoms with Crippen LogP contribution < -0.4 is 0 Å². The van der Waals surface area contributed by atoms with E-state index in [0.29, 0.717) is 0 Å². The third-order valence-corrected chi connectivity index (χ3v) is 6.82. The molecule has 4 N–H and O–H groups in total. The van der Waals surface area contributed by atoms with Gasteiger partial charge >= 0.3 is 0 Å². The standard InChI is InChI=1S/C27H58NO3.H2O4S/c1-3-4-5-6-7-8-9-10-11-12-13-14-15-16-21-28(23-18-25-29,24-19-26-30)22-17-20-27(2)31;1-5(2,3)4/h27,29-31H,3-26H2,1-2H3;(H2,1,2,3,4)/q+1;/p-1. The van der Waals surface area contributed by atoms with Crippen molar-refractivity contribution in [1.82, 2.24) is 0 Å². The highest BCUT2D eigenvalue weighted by molar-refractivity contribution is 7.79. The first-order chi connectivity index (χ1) is 17.1. The lowest BCUT2D eigenvalue weighted by Crippen LogP contribution is -2.51. The lowest BCUT2D eigenvalue weighted by molar-refractivity contribution is -0.929. The van der Waals surface area contributed by atoms with Crippen molar-refractivity contribution in [1.29, 1.82) is 0 Å². The summed E-state index contributed by atoms with van der Waals surface area (Å²) in [6.07, 6.45) is 22.6. The molecule has 0 aliphatic carbocycles. The molecule has 8 nitrogen and oxygen atoms in total. The van der Waals surface area contributed by atoms with Crippen LogP contribution in [0.3, 0.4) is 0 Å². The number of quaternary nitrogens is 1. The van der Waals surface area contributed by atoms with Crippen LogP contribution >= 0.6 is 0 Å². The molecule has 0 fully saturated rings. The molecule has 0 aromatic heterocycles. The highest BCUT2D eigenvalue weighted by atomic mass is 32.3. The third kappa shape index (κ3) is 31.7. The van der Waals surface area contributed by atoms with Crippen LogP contribution in [-0.2, 0) is 10.4 Å². The summed E-state index contributed by atoms with van der Waals surface area (Å²) in [5.41, 5.74) is 0. The average Bonchev–Trinajstić information content (AvgIpc) is 2.80. The van der Waals surface area contributed by atoms with Gasteiger partial charge in [0.25, 0.3) is 0 Å². The van der Waals surface area contributed by atoms with Gasteiger partial charge in [-0.25, -0.2) is 8.42 Å². The average molecular weight is 542 g/mol. The molecule has 0 saturated heterocycles. The van der Waals surface area contributed by atoms with E-state index in [9.17, 15) is 15.3 Å². The smallest absolute Gasteiger partial charge is 0.215 e. The molecule has 9 heteroatoms. The van der Waals surface area contributed by atoms with Crippen molar-refractivity contribution in [3.63, 3.8) is 0 Å². The van der Waals surface area contributed by atoms with E-state index in [0.717, 1.165) is 56.3 Å². The van der Waals surface area contributed by atoms with Gasteiger partial charge in [0, 0.05) is 26.1 Å². The van der Waals surface area contributed by atoms with Gasteiger partial charge < -0.3 is 24.4 Å². The summed E-state index contributed by atoms with van der Waals surface area (Å²) in [6, 6.07) is 0. The highest BCUT2D eigenvalue weighted by Gasteiger charge is 2.25. The summed E-state index contributed by atoms with van der Waals surface area (Å²) in [4.78, 5) is 0. The fourth-order valence-corrected chi connectivity index (χ4v) is 4.85. The zero-order valence-electron chi connectivity index (χ0n) is 23.4. The minimum atomic E-state index is -4.92. The van der Waals surface area contributed by atoms with E-state index < -0.39 is 10.4 Å². The second-order valence-corrected chi connectivity index (χ2v) is 11.3. The van der Waals surface area contributed by atoms with E-state index >= 15 is 0 Å². The molecule has 0 bridgehead atoms. The van der Waals surface area contributed by atoms with Gasteiger partial charge in [-0.1, -0.05) is 84.0 Å². The minimum absolute atomic E-state index is 0.237. The lowest BCUT2D eigenvalue weighted by atomic mass is 10.0. The zero-order chi connectivity index (χ0) is 27.5. The van der Waals surface area contributed by atoms with E-state index in [1.54, 1.807) is 0 Å². The molecule has 0 rings (SSSR count). The van der Waals surface area contributed by atoms with Crippen LogP contribution in [0.1, 0.15) is 129 Å². The van der Waals surface area contributed by atoms with Crippen molar-refractivity contribution in [2.24, 2.45) is 0 Å². The van der Waals surface area contributed by atoms with Crippen molar-refractivity contribution >= 4 is 10.4 Å². The summed E-state index contributed by atoms with van der Waals surface area (Å²) in [5, 5.41) is 28.4. The largest absolute Gasteiger partial charge is 0.726 e. The molecule has 0 aromatic carbocycles. The summed E-state index contributed by atoms with van der Waals surface area (Å²) >= 11 is 0. The SMILES string of the molecule is CCCCCCCCCCCCCCCC[N+](CCCO)(CCCO)CCCC(C)O.O=S(=O)([O-])O. The Morgan fingerprint density at radius 1 is 0.639 bits per heavy atom. The predicted molar refractivity (Wildman–Crippen MR) is 147 cm³/mol. The van der Waals surface area contributed by atoms with Gasteiger partial charge in [-0.2, -0.15) is 0 Å². The van der Waals surface area contributed by atoms with Gasteiger partial charge in [-0.15, -0.1) is 0 Å². The summed E-state index contributed by atoms with van der Waals surface area (Å²) < 4.78 is 33.8. The molecular formula is C27H59NO7S. The van der Waals surface area contributed by atoms with Gasteiger partial charge in [-0.3, -0.25) is 4.55 Å². The quantitative estimate of drug-likeness (QED) is 0.0538. The Hall–Kier alpha value is -0.290. The Balaban J connectivity index is 0. The Morgan fingerprint density at radius 2 is 0.944 bits per heavy atom. The van der Waals surface area contributed by atoms with Crippen molar-refractivity contribution in [2.45, 2.75) is 136 Å². The number of nitrogens with zero attached hydrogens (tertiary/aromatic N) is 1. The molecule has 1 unspecified atom stereocenters. The second-order valence-electron chi connectivity index (χ2n) is 10.4. The molecule has 220 valence electrons. The maximum atomic E-state index is 9.62. The molecule has 36 heavy (non-hydrogen) atoms. The lowest BCUT2D eigenvalue weighted by Gasteiger charge is -2.39. The molecule has 0 aliphatic heterocycles. The number of hydrogen-bond acceptors (Lipinski definition) is 6. The van der Waals surface area contributed by atoms with E-state index in [-0.39, 0.29) is 19.3 Å². The maximum absolute atomic E-state index is 9.62. The molecule has 0 aromatic rings. The van der Waals surface area contributed by atoms with Gasteiger partial charge in [0.05, 0.1) is 32.3 Å². The molecule has 0 radical (unpaired) electrons. The normalized spacial score (nSPS) is 12.9. The number of unbranched alkanes of at least 4 members (excludes halogenated alkanes) is 13. The van der Waals surface area contributed by atoms with Crippen LogP contribution in [0.4, 0.5) is 0 Å². The fourth-order valence-electron chi connectivity index (χ4n) is 4.85. The van der Waals surface area contributed by atoms with Crippen molar-refractivity contribution in [3.8, 4) is 0 Å². The number of rotatable bonds is 25. The Labute approximate surface area is 222 Å². The van der Waals surface area contributed by atoms with E-state index in [2.05, 4.69) is 6.92 Å². The molecular weight excluding hydrogens is 482 g/mol. The van der Waals surface area contributed by atoms with Crippen LogP contribution in [0.25, 0.3) is 0 Å². The molecule has 0 aliphatic rings. The van der Waals surface area contributed by atoms with E-state index in [1.165, 1.54) is 89.9 Å².